The molecule has 0 saturated carbocycles. The molecule has 0 spiro atoms. The number of benzene rings is 1. The van der Waals surface area contributed by atoms with Crippen LogP contribution in [0, 0.1) is 13.8 Å². The third-order valence-electron chi connectivity index (χ3n) is 3.69. The second-order valence-corrected chi connectivity index (χ2v) is 5.17. The fraction of sp³-hybridized carbons (Fsp3) is 0.312. The number of fused-ring (bicyclic) bond motifs is 1. The van der Waals surface area contributed by atoms with E-state index in [9.17, 15) is 0 Å². The quantitative estimate of drug-likeness (QED) is 0.737. The molecular formula is C16H19N5. The number of hydrogen-bond donors (Lipinski definition) is 0. The Morgan fingerprint density at radius 2 is 2.00 bits per heavy atom. The van der Waals surface area contributed by atoms with E-state index < -0.39 is 0 Å². The van der Waals surface area contributed by atoms with Gasteiger partial charge in [-0.3, -0.25) is 0 Å². The number of aryl methyl sites for hydroxylation is 2. The van der Waals surface area contributed by atoms with Crippen molar-refractivity contribution < 1.29 is 0 Å². The lowest BCUT2D eigenvalue weighted by Gasteiger charge is -2.24. The number of rotatable bonds is 4. The number of anilines is 1. The van der Waals surface area contributed by atoms with Crippen LogP contribution in [0.1, 0.15) is 23.7 Å². The van der Waals surface area contributed by atoms with Crippen LogP contribution in [0.4, 0.5) is 5.82 Å². The molecule has 0 atom stereocenters. The number of nitrogens with zero attached hydrogens (tertiary/aromatic N) is 5. The minimum atomic E-state index is 0.647. The maximum Gasteiger partial charge on any atom is 0.254 e. The van der Waals surface area contributed by atoms with Crippen LogP contribution < -0.4 is 4.90 Å². The van der Waals surface area contributed by atoms with Crippen molar-refractivity contribution in [2.24, 2.45) is 0 Å². The van der Waals surface area contributed by atoms with Crippen molar-refractivity contribution in [1.29, 1.82) is 0 Å². The topological polar surface area (TPSA) is 46.3 Å². The van der Waals surface area contributed by atoms with E-state index in [0.717, 1.165) is 24.6 Å². The fourth-order valence-electron chi connectivity index (χ4n) is 2.48. The second-order valence-electron chi connectivity index (χ2n) is 5.17. The SMILES string of the molecule is CCN(Cc1ccccc1C)c1cc(C)nc2ncnn12. The summed E-state index contributed by atoms with van der Waals surface area (Å²) in [6.45, 7) is 8.02. The molecular weight excluding hydrogens is 262 g/mol. The first-order chi connectivity index (χ1) is 10.2. The Hall–Kier alpha value is -2.43. The second kappa shape index (κ2) is 5.52. The van der Waals surface area contributed by atoms with Crippen molar-refractivity contribution in [2.45, 2.75) is 27.3 Å². The van der Waals surface area contributed by atoms with Gasteiger partial charge in [-0.2, -0.15) is 14.6 Å². The summed E-state index contributed by atoms with van der Waals surface area (Å²) >= 11 is 0. The van der Waals surface area contributed by atoms with Gasteiger partial charge < -0.3 is 4.90 Å². The monoisotopic (exact) mass is 281 g/mol. The predicted molar refractivity (Wildman–Crippen MR) is 83.4 cm³/mol. The Labute approximate surface area is 124 Å². The van der Waals surface area contributed by atoms with Crippen LogP contribution >= 0.6 is 0 Å². The molecule has 0 N–H and O–H groups in total. The fourth-order valence-corrected chi connectivity index (χ4v) is 2.48. The normalized spacial score (nSPS) is 11.0. The molecule has 0 aliphatic carbocycles. The molecule has 2 heterocycles. The maximum atomic E-state index is 4.40. The van der Waals surface area contributed by atoms with E-state index in [-0.39, 0.29) is 0 Å². The van der Waals surface area contributed by atoms with Crippen LogP contribution in [0.2, 0.25) is 0 Å². The van der Waals surface area contributed by atoms with Crippen molar-refractivity contribution in [2.75, 3.05) is 11.4 Å². The number of hydrogen-bond acceptors (Lipinski definition) is 4. The zero-order chi connectivity index (χ0) is 14.8. The Bertz CT molecular complexity index is 762. The van der Waals surface area contributed by atoms with Crippen LogP contribution in [0.15, 0.2) is 36.7 Å². The van der Waals surface area contributed by atoms with Crippen LogP contribution in [0.25, 0.3) is 5.78 Å². The molecule has 0 aliphatic heterocycles. The summed E-state index contributed by atoms with van der Waals surface area (Å²) in [5, 5.41) is 4.29. The highest BCUT2D eigenvalue weighted by Gasteiger charge is 2.13. The van der Waals surface area contributed by atoms with Gasteiger partial charge in [-0.1, -0.05) is 24.3 Å². The van der Waals surface area contributed by atoms with Crippen molar-refractivity contribution in [3.8, 4) is 0 Å². The number of aromatic nitrogens is 4. The summed E-state index contributed by atoms with van der Waals surface area (Å²) in [6.07, 6.45) is 1.55. The van der Waals surface area contributed by atoms with Gasteiger partial charge in [0.05, 0.1) is 0 Å². The standard InChI is InChI=1S/C16H19N5/c1-4-20(10-14-8-6-5-7-12(14)2)15-9-13(3)19-16-17-11-18-21(15)16/h5-9,11H,4,10H2,1-3H3. The van der Waals surface area contributed by atoms with Gasteiger partial charge in [0.1, 0.15) is 12.1 Å². The summed E-state index contributed by atoms with van der Waals surface area (Å²) < 4.78 is 1.80. The average molecular weight is 281 g/mol. The minimum absolute atomic E-state index is 0.647. The van der Waals surface area contributed by atoms with Crippen molar-refractivity contribution >= 4 is 11.6 Å². The highest BCUT2D eigenvalue weighted by atomic mass is 15.4. The van der Waals surface area contributed by atoms with Gasteiger partial charge in [0.2, 0.25) is 0 Å². The summed E-state index contributed by atoms with van der Waals surface area (Å²) in [5.74, 6) is 1.67. The molecule has 21 heavy (non-hydrogen) atoms. The Balaban J connectivity index is 2.02. The highest BCUT2D eigenvalue weighted by molar-refractivity contribution is 5.48. The van der Waals surface area contributed by atoms with E-state index >= 15 is 0 Å². The molecule has 0 saturated heterocycles. The molecule has 0 bridgehead atoms. The Kier molecular flexibility index (Phi) is 3.56. The van der Waals surface area contributed by atoms with Gasteiger partial charge >= 0.3 is 0 Å². The van der Waals surface area contributed by atoms with E-state index in [1.54, 1.807) is 10.8 Å². The Morgan fingerprint density at radius 3 is 2.76 bits per heavy atom. The van der Waals surface area contributed by atoms with E-state index in [0.29, 0.717) is 5.78 Å². The lowest BCUT2D eigenvalue weighted by Crippen LogP contribution is -2.25. The summed E-state index contributed by atoms with van der Waals surface area (Å²) in [4.78, 5) is 10.9. The van der Waals surface area contributed by atoms with Gasteiger partial charge in [0.25, 0.3) is 5.78 Å². The van der Waals surface area contributed by atoms with E-state index in [2.05, 4.69) is 64.1 Å². The van der Waals surface area contributed by atoms with Crippen LogP contribution in [-0.2, 0) is 6.54 Å². The van der Waals surface area contributed by atoms with Crippen molar-refractivity contribution in [3.05, 3.63) is 53.5 Å². The zero-order valence-electron chi connectivity index (χ0n) is 12.6. The lowest BCUT2D eigenvalue weighted by atomic mass is 10.1. The van der Waals surface area contributed by atoms with Crippen LogP contribution in [0.3, 0.4) is 0 Å². The first-order valence-corrected chi connectivity index (χ1v) is 7.16. The maximum absolute atomic E-state index is 4.40. The van der Waals surface area contributed by atoms with E-state index in [1.165, 1.54) is 11.1 Å². The third kappa shape index (κ3) is 2.59. The van der Waals surface area contributed by atoms with Gasteiger partial charge in [0, 0.05) is 24.8 Å². The molecule has 3 rings (SSSR count). The molecule has 0 aliphatic rings. The summed E-state index contributed by atoms with van der Waals surface area (Å²) in [6, 6.07) is 10.5. The van der Waals surface area contributed by atoms with Gasteiger partial charge in [0.15, 0.2) is 0 Å². The molecule has 0 amide bonds. The Morgan fingerprint density at radius 1 is 1.19 bits per heavy atom. The highest BCUT2D eigenvalue weighted by Crippen LogP contribution is 2.19. The molecule has 5 nitrogen and oxygen atoms in total. The third-order valence-corrected chi connectivity index (χ3v) is 3.69. The molecule has 0 radical (unpaired) electrons. The first kappa shape index (κ1) is 13.5. The molecule has 0 unspecified atom stereocenters. The van der Waals surface area contributed by atoms with Crippen LogP contribution in [0.5, 0.6) is 0 Å². The van der Waals surface area contributed by atoms with Gasteiger partial charge in [-0.15, -0.1) is 0 Å². The molecule has 108 valence electrons. The largest absolute Gasteiger partial charge is 0.352 e. The van der Waals surface area contributed by atoms with E-state index in [1.807, 2.05) is 6.92 Å². The molecule has 2 aromatic heterocycles. The lowest BCUT2D eigenvalue weighted by molar-refractivity contribution is 0.770. The first-order valence-electron chi connectivity index (χ1n) is 7.16. The predicted octanol–water partition coefficient (Wildman–Crippen LogP) is 2.77. The zero-order valence-corrected chi connectivity index (χ0v) is 12.6. The summed E-state index contributed by atoms with van der Waals surface area (Å²) in [5.41, 5.74) is 3.58. The van der Waals surface area contributed by atoms with Gasteiger partial charge in [-0.25, -0.2) is 4.98 Å². The molecule has 5 heteroatoms. The smallest absolute Gasteiger partial charge is 0.254 e. The minimum Gasteiger partial charge on any atom is -0.352 e. The molecule has 1 aromatic carbocycles. The van der Waals surface area contributed by atoms with Crippen molar-refractivity contribution in [3.63, 3.8) is 0 Å². The van der Waals surface area contributed by atoms with E-state index in [4.69, 9.17) is 0 Å². The van der Waals surface area contributed by atoms with Crippen LogP contribution in [-0.4, -0.2) is 26.1 Å². The average Bonchev–Trinajstić information content (AvgIpc) is 2.94. The van der Waals surface area contributed by atoms with Gasteiger partial charge in [-0.05, 0) is 31.9 Å². The molecule has 3 aromatic rings. The molecule has 0 fully saturated rings. The van der Waals surface area contributed by atoms with Crippen molar-refractivity contribution in [1.82, 2.24) is 19.6 Å². The summed E-state index contributed by atoms with van der Waals surface area (Å²) in [7, 11) is 0.